The molecule has 0 saturated carbocycles. The highest BCUT2D eigenvalue weighted by atomic mass is 32.2. The van der Waals surface area contributed by atoms with Gasteiger partial charge in [-0.1, -0.05) is 0 Å². The zero-order valence-electron chi connectivity index (χ0n) is 19.0. The van der Waals surface area contributed by atoms with E-state index in [1.54, 1.807) is 31.3 Å². The Bertz CT molecular complexity index is 1250. The Balaban J connectivity index is 1.51. The monoisotopic (exact) mass is 474 g/mol. The fraction of sp³-hybridized carbons (Fsp3) is 0.208. The van der Waals surface area contributed by atoms with Crippen molar-refractivity contribution in [2.24, 2.45) is 16.5 Å². The Morgan fingerprint density at radius 1 is 1.18 bits per heavy atom. The zero-order valence-corrected chi connectivity index (χ0v) is 19.8. The van der Waals surface area contributed by atoms with Gasteiger partial charge in [-0.3, -0.25) is 9.78 Å². The number of anilines is 2. The summed E-state index contributed by atoms with van der Waals surface area (Å²) in [6, 6.07) is 12.8. The normalized spacial score (nSPS) is 14.0. The van der Waals surface area contributed by atoms with Crippen molar-refractivity contribution in [3.63, 3.8) is 0 Å². The molecule has 0 aliphatic carbocycles. The average molecular weight is 475 g/mol. The summed E-state index contributed by atoms with van der Waals surface area (Å²) in [4.78, 5) is 33.4. The van der Waals surface area contributed by atoms with Gasteiger partial charge in [0.05, 0.1) is 5.56 Å². The maximum Gasteiger partial charge on any atom is 0.257 e. The Hall–Kier alpha value is -3.92. The number of carbonyl (C=O) groups excluding carboxylic acids is 1. The standard InChI is InChI=1S/C24H26N8OS/c1-15(25)13-20(26)29-21-14-22(32-11-4-12-32)31-24(30-21)34-18-8-6-17(7-9-18)28-23(33)19-5-3-10-27-16(19)2/h3,5-10,13-14H,4,11-12,25H2,1-2H3,(H,28,33)(H2,26,29,30,31)/b15-13-. The van der Waals surface area contributed by atoms with E-state index in [0.29, 0.717) is 33.6 Å². The Kier molecular flexibility index (Phi) is 7.07. The van der Waals surface area contributed by atoms with Crippen molar-refractivity contribution < 1.29 is 4.79 Å². The van der Waals surface area contributed by atoms with Gasteiger partial charge in [0.25, 0.3) is 5.91 Å². The van der Waals surface area contributed by atoms with E-state index in [4.69, 9.17) is 16.5 Å². The smallest absolute Gasteiger partial charge is 0.257 e. The summed E-state index contributed by atoms with van der Waals surface area (Å²) in [6.07, 6.45) is 4.39. The van der Waals surface area contributed by atoms with E-state index in [1.807, 2.05) is 37.3 Å². The van der Waals surface area contributed by atoms with Crippen molar-refractivity contribution in [2.45, 2.75) is 30.3 Å². The predicted octanol–water partition coefficient (Wildman–Crippen LogP) is 3.64. The van der Waals surface area contributed by atoms with Crippen molar-refractivity contribution in [1.82, 2.24) is 15.0 Å². The molecule has 1 amide bonds. The van der Waals surface area contributed by atoms with Crippen molar-refractivity contribution in [2.75, 3.05) is 23.3 Å². The molecule has 0 radical (unpaired) electrons. The molecule has 4 rings (SSSR count). The summed E-state index contributed by atoms with van der Waals surface area (Å²) in [5.41, 5.74) is 14.1. The molecule has 0 bridgehead atoms. The minimum atomic E-state index is -0.196. The molecular formula is C24H26N8OS. The number of benzene rings is 1. The Morgan fingerprint density at radius 2 is 1.94 bits per heavy atom. The number of nitrogens with one attached hydrogen (secondary N) is 1. The lowest BCUT2D eigenvalue weighted by atomic mass is 10.2. The molecule has 1 fully saturated rings. The maximum absolute atomic E-state index is 12.5. The van der Waals surface area contributed by atoms with Gasteiger partial charge in [-0.15, -0.1) is 0 Å². The summed E-state index contributed by atoms with van der Waals surface area (Å²) >= 11 is 1.41. The number of carbonyl (C=O) groups is 1. The number of rotatable bonds is 7. The third-order valence-corrected chi connectivity index (χ3v) is 5.92. The molecule has 34 heavy (non-hydrogen) atoms. The lowest BCUT2D eigenvalue weighted by Gasteiger charge is -2.32. The summed E-state index contributed by atoms with van der Waals surface area (Å²) in [5, 5.41) is 3.46. The number of nitrogens with zero attached hydrogens (tertiary/aromatic N) is 5. The van der Waals surface area contributed by atoms with E-state index in [0.717, 1.165) is 30.2 Å². The minimum Gasteiger partial charge on any atom is -0.402 e. The molecule has 5 N–H and O–H groups in total. The lowest BCUT2D eigenvalue weighted by molar-refractivity contribution is 0.102. The van der Waals surface area contributed by atoms with Crippen LogP contribution in [0.5, 0.6) is 0 Å². The van der Waals surface area contributed by atoms with E-state index in [2.05, 4.69) is 25.2 Å². The van der Waals surface area contributed by atoms with E-state index in [1.165, 1.54) is 11.8 Å². The van der Waals surface area contributed by atoms with Crippen LogP contribution in [0.25, 0.3) is 0 Å². The first-order chi connectivity index (χ1) is 16.4. The summed E-state index contributed by atoms with van der Waals surface area (Å²) in [7, 11) is 0. The largest absolute Gasteiger partial charge is 0.402 e. The van der Waals surface area contributed by atoms with Crippen LogP contribution in [0, 0.1) is 6.92 Å². The van der Waals surface area contributed by atoms with E-state index < -0.39 is 0 Å². The van der Waals surface area contributed by atoms with E-state index in [-0.39, 0.29) is 11.7 Å². The van der Waals surface area contributed by atoms with Gasteiger partial charge in [0, 0.05) is 47.3 Å². The number of nitrogens with two attached hydrogens (primary N) is 2. The molecule has 1 aliphatic rings. The van der Waals surface area contributed by atoms with Crippen molar-refractivity contribution in [3.8, 4) is 0 Å². The summed E-state index contributed by atoms with van der Waals surface area (Å²) < 4.78 is 0. The highest BCUT2D eigenvalue weighted by Gasteiger charge is 2.18. The van der Waals surface area contributed by atoms with Crippen molar-refractivity contribution >= 4 is 40.8 Å². The van der Waals surface area contributed by atoms with Crippen LogP contribution in [0.2, 0.25) is 0 Å². The number of pyridine rings is 1. The Labute approximate surface area is 202 Å². The number of amidine groups is 1. The van der Waals surface area contributed by atoms with Crippen LogP contribution in [0.4, 0.5) is 17.3 Å². The average Bonchev–Trinajstić information content (AvgIpc) is 2.73. The maximum atomic E-state index is 12.5. The van der Waals surface area contributed by atoms with E-state index in [9.17, 15) is 4.79 Å². The molecule has 174 valence electrons. The fourth-order valence-electron chi connectivity index (χ4n) is 3.24. The van der Waals surface area contributed by atoms with Gasteiger partial charge >= 0.3 is 0 Å². The van der Waals surface area contributed by atoms with Crippen LogP contribution in [0.3, 0.4) is 0 Å². The molecule has 9 nitrogen and oxygen atoms in total. The zero-order chi connectivity index (χ0) is 24.1. The molecule has 3 aromatic rings. The third kappa shape index (κ3) is 5.90. The van der Waals surface area contributed by atoms with Gasteiger partial charge in [0.1, 0.15) is 11.7 Å². The third-order valence-electron chi connectivity index (χ3n) is 5.05. The number of allylic oxidation sites excluding steroid dienone is 1. The van der Waals surface area contributed by atoms with Gasteiger partial charge in [0.2, 0.25) is 0 Å². The summed E-state index contributed by atoms with van der Waals surface area (Å²) in [5.74, 6) is 1.39. The van der Waals surface area contributed by atoms with Gasteiger partial charge in [0.15, 0.2) is 11.0 Å². The van der Waals surface area contributed by atoms with E-state index >= 15 is 0 Å². The van der Waals surface area contributed by atoms with Crippen LogP contribution < -0.4 is 21.7 Å². The molecule has 0 atom stereocenters. The van der Waals surface area contributed by atoms with Gasteiger partial charge in [-0.2, -0.15) is 0 Å². The molecule has 1 saturated heterocycles. The quantitative estimate of drug-likeness (QED) is 0.268. The number of hydrogen-bond donors (Lipinski definition) is 3. The fourth-order valence-corrected chi connectivity index (χ4v) is 4.00. The minimum absolute atomic E-state index is 0.196. The second kappa shape index (κ2) is 10.3. The van der Waals surface area contributed by atoms with Crippen LogP contribution in [-0.2, 0) is 0 Å². The number of aliphatic imine (C=N–C) groups is 1. The van der Waals surface area contributed by atoms with Crippen molar-refractivity contribution in [1.29, 1.82) is 0 Å². The molecule has 1 aliphatic heterocycles. The SMILES string of the molecule is C/C(N)=C/C(N)=N/c1cc(N2CCC2)nc(Sc2ccc(NC(=O)c3cccnc3C)cc2)n1. The first-order valence-corrected chi connectivity index (χ1v) is 11.6. The number of aromatic nitrogens is 3. The second-order valence-electron chi connectivity index (χ2n) is 7.85. The molecule has 3 heterocycles. The molecular weight excluding hydrogens is 448 g/mol. The number of amides is 1. The van der Waals surface area contributed by atoms with Crippen LogP contribution in [0.15, 0.2) is 75.5 Å². The molecule has 1 aromatic carbocycles. The van der Waals surface area contributed by atoms with Crippen LogP contribution >= 0.6 is 11.8 Å². The first-order valence-electron chi connectivity index (χ1n) is 10.8. The highest BCUT2D eigenvalue weighted by Crippen LogP contribution is 2.31. The first kappa shape index (κ1) is 23.2. The number of aryl methyl sites for hydroxylation is 1. The van der Waals surface area contributed by atoms with Gasteiger partial charge in [-0.25, -0.2) is 15.0 Å². The van der Waals surface area contributed by atoms with Crippen LogP contribution in [0.1, 0.15) is 29.4 Å². The topological polar surface area (TPSA) is 135 Å². The highest BCUT2D eigenvalue weighted by molar-refractivity contribution is 7.99. The van der Waals surface area contributed by atoms with Gasteiger partial charge < -0.3 is 21.7 Å². The second-order valence-corrected chi connectivity index (χ2v) is 8.89. The summed E-state index contributed by atoms with van der Waals surface area (Å²) in [6.45, 7) is 5.46. The van der Waals surface area contributed by atoms with Crippen molar-refractivity contribution in [3.05, 3.63) is 71.7 Å². The molecule has 10 heteroatoms. The van der Waals surface area contributed by atoms with Crippen LogP contribution in [-0.4, -0.2) is 39.8 Å². The Morgan fingerprint density at radius 3 is 2.59 bits per heavy atom. The predicted molar refractivity (Wildman–Crippen MR) is 136 cm³/mol. The number of hydrogen-bond acceptors (Lipinski definition) is 8. The molecule has 0 spiro atoms. The lowest BCUT2D eigenvalue weighted by Crippen LogP contribution is -2.37. The van der Waals surface area contributed by atoms with Gasteiger partial charge in [-0.05, 0) is 74.5 Å². The molecule has 0 unspecified atom stereocenters. The molecule has 2 aromatic heterocycles.